The van der Waals surface area contributed by atoms with Gasteiger partial charge in [-0.1, -0.05) is 42.5 Å². The highest BCUT2D eigenvalue weighted by molar-refractivity contribution is 9.10. The van der Waals surface area contributed by atoms with Crippen LogP contribution in [0.4, 0.5) is 0 Å². The van der Waals surface area contributed by atoms with E-state index in [0.29, 0.717) is 0 Å². The van der Waals surface area contributed by atoms with Gasteiger partial charge in [-0.3, -0.25) is 4.79 Å². The van der Waals surface area contributed by atoms with Crippen molar-refractivity contribution in [1.82, 2.24) is 0 Å². The van der Waals surface area contributed by atoms with Crippen molar-refractivity contribution in [3.05, 3.63) is 80.8 Å². The number of aliphatic carboxylic acids is 1. The average molecular weight is 509 g/mol. The third-order valence-corrected chi connectivity index (χ3v) is 8.96. The number of carboxylic acids is 1. The molecule has 0 saturated carbocycles. The predicted octanol–water partition coefficient (Wildman–Crippen LogP) is 7.46. The Morgan fingerprint density at radius 3 is 2.59 bits per heavy atom. The summed E-state index contributed by atoms with van der Waals surface area (Å²) >= 11 is 5.47. The topological polar surface area (TPSA) is 46.5 Å². The van der Waals surface area contributed by atoms with E-state index < -0.39 is 5.97 Å². The number of hydrogen-bond acceptors (Lipinski definition) is 3. The van der Waals surface area contributed by atoms with Crippen molar-refractivity contribution in [2.24, 2.45) is 0 Å². The standard InChI is InChI=1S/C27H25BrO3S/c1-15-5-3-6-16(2)25(15)21-8-4-7-20-19(21)10-11-22(20)31-23-12-9-18-17(13-24(29)30)14-32-27(18)26(23)28/h3-9,12,17,22H,10-11,13-14H2,1-2H3,(H,29,30)/t17-,22?/m1/s1. The number of aryl methyl sites for hydroxylation is 2. The number of fused-ring (bicyclic) bond motifs is 2. The first kappa shape index (κ1) is 21.6. The molecule has 3 aromatic rings. The van der Waals surface area contributed by atoms with Crippen molar-refractivity contribution >= 4 is 33.7 Å². The van der Waals surface area contributed by atoms with Crippen LogP contribution >= 0.6 is 27.7 Å². The van der Waals surface area contributed by atoms with Crippen molar-refractivity contribution < 1.29 is 14.6 Å². The SMILES string of the molecule is Cc1cccc(C)c1-c1cccc2c1CCC2Oc1ccc2c(c1Br)SC[C@H]2CC(=O)O. The molecular weight excluding hydrogens is 484 g/mol. The van der Waals surface area contributed by atoms with Crippen molar-refractivity contribution in [2.75, 3.05) is 5.75 Å². The molecule has 1 aliphatic heterocycles. The summed E-state index contributed by atoms with van der Waals surface area (Å²) in [6.07, 6.45) is 2.14. The first-order chi connectivity index (χ1) is 15.4. The lowest BCUT2D eigenvalue weighted by molar-refractivity contribution is -0.137. The lowest BCUT2D eigenvalue weighted by Crippen LogP contribution is -2.06. The van der Waals surface area contributed by atoms with Gasteiger partial charge in [0.15, 0.2) is 0 Å². The summed E-state index contributed by atoms with van der Waals surface area (Å²) in [6, 6.07) is 17.1. The van der Waals surface area contributed by atoms with E-state index in [-0.39, 0.29) is 18.4 Å². The van der Waals surface area contributed by atoms with Gasteiger partial charge >= 0.3 is 5.97 Å². The van der Waals surface area contributed by atoms with E-state index in [4.69, 9.17) is 4.74 Å². The lowest BCUT2D eigenvalue weighted by Gasteiger charge is -2.19. The van der Waals surface area contributed by atoms with E-state index in [2.05, 4.69) is 66.2 Å². The van der Waals surface area contributed by atoms with E-state index in [9.17, 15) is 9.90 Å². The van der Waals surface area contributed by atoms with E-state index >= 15 is 0 Å². The molecule has 0 fully saturated rings. The summed E-state index contributed by atoms with van der Waals surface area (Å²) in [5.41, 5.74) is 9.04. The molecule has 0 amide bonds. The van der Waals surface area contributed by atoms with Crippen LogP contribution in [0.5, 0.6) is 5.75 Å². The first-order valence-electron chi connectivity index (χ1n) is 11.0. The fourth-order valence-corrected chi connectivity index (χ4v) is 7.22. The predicted molar refractivity (Wildman–Crippen MR) is 133 cm³/mol. The molecule has 5 heteroatoms. The summed E-state index contributed by atoms with van der Waals surface area (Å²) in [5, 5.41) is 9.20. The number of carbonyl (C=O) groups is 1. The van der Waals surface area contributed by atoms with Gasteiger partial charge in [-0.25, -0.2) is 0 Å². The molecule has 1 unspecified atom stereocenters. The Kier molecular flexibility index (Phi) is 5.81. The maximum absolute atomic E-state index is 11.2. The molecule has 0 spiro atoms. The molecule has 1 heterocycles. The molecule has 32 heavy (non-hydrogen) atoms. The summed E-state index contributed by atoms with van der Waals surface area (Å²) in [4.78, 5) is 12.3. The Morgan fingerprint density at radius 1 is 1.09 bits per heavy atom. The lowest BCUT2D eigenvalue weighted by atomic mass is 9.91. The zero-order chi connectivity index (χ0) is 22.4. The second-order valence-electron chi connectivity index (χ2n) is 8.69. The van der Waals surface area contributed by atoms with E-state index in [1.54, 1.807) is 11.8 Å². The molecule has 5 rings (SSSR count). The van der Waals surface area contributed by atoms with Gasteiger partial charge in [0.05, 0.1) is 10.9 Å². The Morgan fingerprint density at radius 2 is 1.84 bits per heavy atom. The van der Waals surface area contributed by atoms with Gasteiger partial charge < -0.3 is 9.84 Å². The Labute approximate surface area is 201 Å². The third kappa shape index (κ3) is 3.75. The Bertz CT molecular complexity index is 1200. The van der Waals surface area contributed by atoms with Crippen LogP contribution in [0.1, 0.15) is 52.7 Å². The highest BCUT2D eigenvalue weighted by atomic mass is 79.9. The fraction of sp³-hybridized carbons (Fsp3) is 0.296. The minimum atomic E-state index is -0.748. The molecule has 1 aliphatic carbocycles. The van der Waals surface area contributed by atoms with Crippen LogP contribution in [0.25, 0.3) is 11.1 Å². The number of ether oxygens (including phenoxy) is 1. The Hall–Kier alpha value is -2.24. The quantitative estimate of drug-likeness (QED) is 0.388. The molecular formula is C27H25BrO3S. The molecule has 2 aliphatic rings. The van der Waals surface area contributed by atoms with Crippen LogP contribution in [0, 0.1) is 13.8 Å². The van der Waals surface area contributed by atoms with Crippen LogP contribution in [0.3, 0.4) is 0 Å². The van der Waals surface area contributed by atoms with E-state index in [1.807, 2.05) is 12.1 Å². The second-order valence-corrected chi connectivity index (χ2v) is 10.5. The molecule has 1 N–H and O–H groups in total. The zero-order valence-corrected chi connectivity index (χ0v) is 20.6. The first-order valence-corrected chi connectivity index (χ1v) is 12.7. The molecule has 164 valence electrons. The highest BCUT2D eigenvalue weighted by Gasteiger charge is 2.31. The highest BCUT2D eigenvalue weighted by Crippen LogP contribution is 2.50. The van der Waals surface area contributed by atoms with E-state index in [0.717, 1.165) is 39.3 Å². The van der Waals surface area contributed by atoms with Crippen molar-refractivity contribution in [1.29, 1.82) is 0 Å². The number of carboxylic acid groups (broad SMARTS) is 1. The second kappa shape index (κ2) is 8.60. The molecule has 0 bridgehead atoms. The molecule has 0 aromatic heterocycles. The smallest absolute Gasteiger partial charge is 0.303 e. The molecule has 0 saturated heterocycles. The van der Waals surface area contributed by atoms with Crippen LogP contribution in [-0.4, -0.2) is 16.8 Å². The van der Waals surface area contributed by atoms with Gasteiger partial charge in [0.1, 0.15) is 11.9 Å². The maximum Gasteiger partial charge on any atom is 0.303 e. The molecule has 0 radical (unpaired) electrons. The summed E-state index contributed by atoms with van der Waals surface area (Å²) in [7, 11) is 0. The summed E-state index contributed by atoms with van der Waals surface area (Å²) in [5.74, 6) is 0.949. The molecule has 3 nitrogen and oxygen atoms in total. The number of benzene rings is 3. The summed E-state index contributed by atoms with van der Waals surface area (Å²) in [6.45, 7) is 4.36. The van der Waals surface area contributed by atoms with Crippen molar-refractivity contribution in [3.63, 3.8) is 0 Å². The van der Waals surface area contributed by atoms with Crippen molar-refractivity contribution in [2.45, 2.75) is 50.0 Å². The van der Waals surface area contributed by atoms with Crippen LogP contribution in [-0.2, 0) is 11.2 Å². The van der Waals surface area contributed by atoms with E-state index in [1.165, 1.54) is 33.4 Å². The van der Waals surface area contributed by atoms with Crippen LogP contribution in [0.2, 0.25) is 0 Å². The minimum Gasteiger partial charge on any atom is -0.484 e. The number of hydrogen-bond donors (Lipinski definition) is 1. The van der Waals surface area contributed by atoms with Gasteiger partial charge in [0.25, 0.3) is 0 Å². The van der Waals surface area contributed by atoms with Gasteiger partial charge in [0.2, 0.25) is 0 Å². The largest absolute Gasteiger partial charge is 0.484 e. The van der Waals surface area contributed by atoms with Crippen LogP contribution < -0.4 is 4.74 Å². The normalized spacial score (nSPS) is 19.0. The number of thioether (sulfide) groups is 1. The molecule has 3 aromatic carbocycles. The number of halogens is 1. The average Bonchev–Trinajstić information content (AvgIpc) is 3.35. The minimum absolute atomic E-state index is 0.0184. The summed E-state index contributed by atoms with van der Waals surface area (Å²) < 4.78 is 7.50. The Balaban J connectivity index is 1.45. The van der Waals surface area contributed by atoms with Gasteiger partial charge in [-0.05, 0) is 87.6 Å². The monoisotopic (exact) mass is 508 g/mol. The van der Waals surface area contributed by atoms with Gasteiger partial charge in [-0.15, -0.1) is 11.8 Å². The zero-order valence-electron chi connectivity index (χ0n) is 18.2. The van der Waals surface area contributed by atoms with Crippen LogP contribution in [0.15, 0.2) is 57.9 Å². The maximum atomic E-state index is 11.2. The van der Waals surface area contributed by atoms with Crippen molar-refractivity contribution in [3.8, 4) is 16.9 Å². The third-order valence-electron chi connectivity index (χ3n) is 6.62. The fourth-order valence-electron chi connectivity index (χ4n) is 5.13. The molecule has 2 atom stereocenters. The van der Waals surface area contributed by atoms with Gasteiger partial charge in [0, 0.05) is 16.6 Å². The number of rotatable bonds is 5. The van der Waals surface area contributed by atoms with Gasteiger partial charge in [-0.2, -0.15) is 0 Å².